The lowest BCUT2D eigenvalue weighted by Gasteiger charge is -2.33. The summed E-state index contributed by atoms with van der Waals surface area (Å²) in [6, 6.07) is 0. The zero-order chi connectivity index (χ0) is 12.8. The van der Waals surface area contributed by atoms with Gasteiger partial charge in [0, 0.05) is 6.61 Å². The summed E-state index contributed by atoms with van der Waals surface area (Å²) in [5.41, 5.74) is -0.163. The van der Waals surface area contributed by atoms with Crippen molar-refractivity contribution in [3.8, 4) is 0 Å². The van der Waals surface area contributed by atoms with Crippen LogP contribution in [0.3, 0.4) is 0 Å². The van der Waals surface area contributed by atoms with E-state index in [0.29, 0.717) is 12.5 Å². The summed E-state index contributed by atoms with van der Waals surface area (Å²) in [6.07, 6.45) is 9.27. The summed E-state index contributed by atoms with van der Waals surface area (Å²) in [6.45, 7) is 4.78. The van der Waals surface area contributed by atoms with Crippen molar-refractivity contribution in [1.29, 1.82) is 0 Å². The zero-order valence-corrected chi connectivity index (χ0v) is 11.8. The summed E-state index contributed by atoms with van der Waals surface area (Å²) >= 11 is 0. The van der Waals surface area contributed by atoms with E-state index in [2.05, 4.69) is 12.2 Å². The van der Waals surface area contributed by atoms with Gasteiger partial charge in [0.15, 0.2) is 0 Å². The summed E-state index contributed by atoms with van der Waals surface area (Å²) in [7, 11) is 0. The predicted molar refractivity (Wildman–Crippen MR) is 73.6 cm³/mol. The van der Waals surface area contributed by atoms with Gasteiger partial charge in [0.1, 0.15) is 0 Å². The molecule has 1 unspecified atom stereocenters. The van der Waals surface area contributed by atoms with E-state index in [1.54, 1.807) is 0 Å². The van der Waals surface area contributed by atoms with Gasteiger partial charge in [0.2, 0.25) is 0 Å². The van der Waals surface area contributed by atoms with Gasteiger partial charge in [-0.15, -0.1) is 0 Å². The number of likely N-dealkylation sites (N-methyl/N-ethyl adjacent to an activating group) is 1. The molecule has 0 aromatic heterocycles. The second kappa shape index (κ2) is 6.88. The maximum absolute atomic E-state index is 9.71. The zero-order valence-electron chi connectivity index (χ0n) is 11.8. The molecule has 0 aromatic rings. The van der Waals surface area contributed by atoms with Crippen molar-refractivity contribution < 1.29 is 9.84 Å². The van der Waals surface area contributed by atoms with E-state index >= 15 is 0 Å². The molecule has 0 heterocycles. The molecule has 2 saturated carbocycles. The summed E-state index contributed by atoms with van der Waals surface area (Å²) in [5, 5.41) is 13.2. The quantitative estimate of drug-likeness (QED) is 0.699. The Morgan fingerprint density at radius 1 is 1.17 bits per heavy atom. The molecule has 2 aliphatic rings. The number of rotatable bonds is 8. The Morgan fingerprint density at radius 2 is 1.89 bits per heavy atom. The topological polar surface area (TPSA) is 41.5 Å². The first-order valence-corrected chi connectivity index (χ1v) is 7.74. The van der Waals surface area contributed by atoms with Crippen molar-refractivity contribution in [2.45, 2.75) is 57.4 Å². The van der Waals surface area contributed by atoms with Crippen LogP contribution in [0, 0.1) is 11.8 Å². The highest BCUT2D eigenvalue weighted by Crippen LogP contribution is 2.40. The van der Waals surface area contributed by atoms with E-state index < -0.39 is 0 Å². The van der Waals surface area contributed by atoms with Crippen LogP contribution in [-0.4, -0.2) is 37.0 Å². The van der Waals surface area contributed by atoms with Gasteiger partial charge in [0.25, 0.3) is 0 Å². The summed E-state index contributed by atoms with van der Waals surface area (Å²) in [5.74, 6) is 1.38. The highest BCUT2D eigenvalue weighted by molar-refractivity contribution is 5.00. The Balaban J connectivity index is 1.74. The van der Waals surface area contributed by atoms with Crippen LogP contribution in [0.2, 0.25) is 0 Å². The first kappa shape index (κ1) is 14.3. The molecule has 18 heavy (non-hydrogen) atoms. The third kappa shape index (κ3) is 3.69. The second-order valence-electron chi connectivity index (χ2n) is 6.14. The van der Waals surface area contributed by atoms with Crippen molar-refractivity contribution in [3.05, 3.63) is 0 Å². The van der Waals surface area contributed by atoms with E-state index in [4.69, 9.17) is 4.74 Å². The van der Waals surface area contributed by atoms with E-state index in [1.807, 2.05) is 0 Å². The normalized spacial score (nSPS) is 25.0. The Kier molecular flexibility index (Phi) is 5.46. The highest BCUT2D eigenvalue weighted by atomic mass is 16.5. The lowest BCUT2D eigenvalue weighted by atomic mass is 9.90. The molecule has 3 nitrogen and oxygen atoms in total. The molecule has 0 amide bonds. The third-order valence-electron chi connectivity index (χ3n) is 4.61. The van der Waals surface area contributed by atoms with Crippen molar-refractivity contribution >= 4 is 0 Å². The molecule has 106 valence electrons. The molecule has 2 N–H and O–H groups in total. The van der Waals surface area contributed by atoms with E-state index in [1.165, 1.54) is 44.9 Å². The van der Waals surface area contributed by atoms with Gasteiger partial charge in [-0.05, 0) is 44.1 Å². The molecule has 3 heteroatoms. The summed E-state index contributed by atoms with van der Waals surface area (Å²) < 4.78 is 5.96. The Labute approximate surface area is 111 Å². The van der Waals surface area contributed by atoms with Crippen LogP contribution >= 0.6 is 0 Å². The first-order valence-electron chi connectivity index (χ1n) is 7.74. The monoisotopic (exact) mass is 255 g/mol. The van der Waals surface area contributed by atoms with Gasteiger partial charge < -0.3 is 15.2 Å². The van der Waals surface area contributed by atoms with E-state index in [-0.39, 0.29) is 12.1 Å². The van der Waals surface area contributed by atoms with Gasteiger partial charge >= 0.3 is 0 Å². The fraction of sp³-hybridized carbons (Fsp3) is 1.00. The van der Waals surface area contributed by atoms with Crippen LogP contribution in [-0.2, 0) is 4.74 Å². The van der Waals surface area contributed by atoms with Crippen molar-refractivity contribution in [1.82, 2.24) is 5.32 Å². The Bertz CT molecular complexity index is 237. The van der Waals surface area contributed by atoms with Crippen LogP contribution in [0.1, 0.15) is 51.9 Å². The maximum Gasteiger partial charge on any atom is 0.0679 e. The molecule has 1 atom stereocenters. The molecule has 0 aliphatic heterocycles. The molecule has 2 aliphatic carbocycles. The van der Waals surface area contributed by atoms with Gasteiger partial charge in [-0.2, -0.15) is 0 Å². The van der Waals surface area contributed by atoms with Crippen LogP contribution in [0.4, 0.5) is 0 Å². The molecule has 0 spiro atoms. The molecule has 2 rings (SSSR count). The largest absolute Gasteiger partial charge is 0.394 e. The standard InChI is InChI=1S/C15H29NO2/c1-2-16-15(11-17,14-8-9-14)12-18-10-13-6-4-3-5-7-13/h13-14,16-17H,2-12H2,1H3. The minimum absolute atomic E-state index is 0.163. The fourth-order valence-corrected chi connectivity index (χ4v) is 3.29. The number of hydrogen-bond donors (Lipinski definition) is 2. The molecule has 0 radical (unpaired) electrons. The smallest absolute Gasteiger partial charge is 0.0679 e. The number of hydrogen-bond acceptors (Lipinski definition) is 3. The molecular formula is C15H29NO2. The van der Waals surface area contributed by atoms with Crippen LogP contribution in [0.5, 0.6) is 0 Å². The van der Waals surface area contributed by atoms with Crippen LogP contribution in [0.25, 0.3) is 0 Å². The molecule has 0 bridgehead atoms. The lowest BCUT2D eigenvalue weighted by molar-refractivity contribution is 0.00566. The van der Waals surface area contributed by atoms with Gasteiger partial charge in [-0.25, -0.2) is 0 Å². The fourth-order valence-electron chi connectivity index (χ4n) is 3.29. The number of aliphatic hydroxyl groups excluding tert-OH is 1. The van der Waals surface area contributed by atoms with Crippen LogP contribution in [0.15, 0.2) is 0 Å². The van der Waals surface area contributed by atoms with E-state index in [0.717, 1.165) is 19.1 Å². The molecular weight excluding hydrogens is 226 g/mol. The van der Waals surface area contributed by atoms with Crippen molar-refractivity contribution in [3.63, 3.8) is 0 Å². The number of nitrogens with one attached hydrogen (secondary N) is 1. The lowest BCUT2D eigenvalue weighted by Crippen LogP contribution is -2.54. The minimum Gasteiger partial charge on any atom is -0.394 e. The SMILES string of the molecule is CCNC(CO)(COCC1CCCCC1)C1CC1. The molecule has 0 aromatic carbocycles. The molecule has 2 fully saturated rings. The maximum atomic E-state index is 9.71. The van der Waals surface area contributed by atoms with Gasteiger partial charge in [0.05, 0.1) is 18.8 Å². The highest BCUT2D eigenvalue weighted by Gasteiger charge is 2.44. The van der Waals surface area contributed by atoms with Gasteiger partial charge in [-0.3, -0.25) is 0 Å². The Hall–Kier alpha value is -0.120. The second-order valence-corrected chi connectivity index (χ2v) is 6.14. The van der Waals surface area contributed by atoms with Crippen molar-refractivity contribution in [2.75, 3.05) is 26.4 Å². The minimum atomic E-state index is -0.163. The average Bonchev–Trinajstić information content (AvgIpc) is 3.24. The van der Waals surface area contributed by atoms with E-state index in [9.17, 15) is 5.11 Å². The Morgan fingerprint density at radius 3 is 2.44 bits per heavy atom. The number of aliphatic hydroxyl groups is 1. The predicted octanol–water partition coefficient (Wildman–Crippen LogP) is 2.33. The summed E-state index contributed by atoms with van der Waals surface area (Å²) in [4.78, 5) is 0. The van der Waals surface area contributed by atoms with Crippen LogP contribution < -0.4 is 5.32 Å². The molecule has 0 saturated heterocycles. The first-order chi connectivity index (χ1) is 8.80. The third-order valence-corrected chi connectivity index (χ3v) is 4.61. The van der Waals surface area contributed by atoms with Crippen molar-refractivity contribution in [2.24, 2.45) is 11.8 Å². The van der Waals surface area contributed by atoms with Gasteiger partial charge in [-0.1, -0.05) is 26.2 Å². The average molecular weight is 255 g/mol. The number of ether oxygens (including phenoxy) is 1.